The number of hydrogen-bond donors (Lipinski definition) is 2. The summed E-state index contributed by atoms with van der Waals surface area (Å²) in [5.41, 5.74) is 5.90. The van der Waals surface area contributed by atoms with Gasteiger partial charge in [0.2, 0.25) is 0 Å². The molecule has 0 spiro atoms. The number of aromatic nitrogens is 1. The molecule has 3 aromatic carbocycles. The van der Waals surface area contributed by atoms with Crippen molar-refractivity contribution in [3.05, 3.63) is 104 Å². The zero-order valence-electron chi connectivity index (χ0n) is 18.9. The number of anilines is 1. The Labute approximate surface area is 237 Å². The third kappa shape index (κ3) is 5.63. The molecule has 1 saturated heterocycles. The molecule has 2 heterocycles. The molecule has 6 nitrogen and oxygen atoms in total. The molecular formula is C26H17Cl3N4O2S2. The van der Waals surface area contributed by atoms with Crippen LogP contribution in [0.3, 0.4) is 0 Å². The van der Waals surface area contributed by atoms with Crippen molar-refractivity contribution in [2.24, 2.45) is 0 Å². The first-order valence-corrected chi connectivity index (χ1v) is 13.3. The Kier molecular flexibility index (Phi) is 7.46. The second-order valence-electron chi connectivity index (χ2n) is 8.07. The molecule has 1 aliphatic heterocycles. The molecule has 0 bridgehead atoms. The van der Waals surface area contributed by atoms with Gasteiger partial charge in [-0.1, -0.05) is 76.9 Å². The molecule has 1 aliphatic rings. The highest BCUT2D eigenvalue weighted by atomic mass is 35.5. The Morgan fingerprint density at radius 2 is 1.76 bits per heavy atom. The maximum Gasteiger partial charge on any atom is 0.338 e. The van der Waals surface area contributed by atoms with Crippen LogP contribution < -0.4 is 10.7 Å². The van der Waals surface area contributed by atoms with Gasteiger partial charge in [-0.15, -0.1) is 0 Å². The van der Waals surface area contributed by atoms with Crippen LogP contribution in [0, 0.1) is 0 Å². The third-order valence-electron chi connectivity index (χ3n) is 5.56. The van der Waals surface area contributed by atoms with Crippen molar-refractivity contribution < 1.29 is 9.59 Å². The van der Waals surface area contributed by atoms with Crippen molar-refractivity contribution in [3.63, 3.8) is 0 Å². The van der Waals surface area contributed by atoms with Gasteiger partial charge in [-0.3, -0.25) is 4.79 Å². The van der Waals surface area contributed by atoms with Crippen molar-refractivity contribution >= 4 is 97.7 Å². The van der Waals surface area contributed by atoms with E-state index in [2.05, 4.69) is 15.3 Å². The predicted molar refractivity (Wildman–Crippen MR) is 156 cm³/mol. The van der Waals surface area contributed by atoms with E-state index in [-0.39, 0.29) is 4.32 Å². The van der Waals surface area contributed by atoms with E-state index in [0.717, 1.165) is 38.8 Å². The van der Waals surface area contributed by atoms with Crippen molar-refractivity contribution in [2.75, 3.05) is 5.32 Å². The molecule has 0 radical (unpaired) electrons. The van der Waals surface area contributed by atoms with Crippen LogP contribution in [-0.4, -0.2) is 25.8 Å². The Hall–Kier alpha value is -3.01. The maximum absolute atomic E-state index is 13.1. The molecule has 1 aromatic heterocycles. The van der Waals surface area contributed by atoms with Crippen LogP contribution >= 0.6 is 58.8 Å². The summed E-state index contributed by atoms with van der Waals surface area (Å²) in [6.07, 6.45) is 3.79. The summed E-state index contributed by atoms with van der Waals surface area (Å²) in [7, 11) is 0. The van der Waals surface area contributed by atoms with Crippen LogP contribution in [0.1, 0.15) is 11.1 Å². The zero-order chi connectivity index (χ0) is 26.1. The van der Waals surface area contributed by atoms with E-state index < -0.39 is 11.9 Å². The first-order valence-electron chi connectivity index (χ1n) is 10.9. The van der Waals surface area contributed by atoms with Crippen molar-refractivity contribution in [1.82, 2.24) is 15.0 Å². The fourth-order valence-corrected chi connectivity index (χ4v) is 5.44. The molecule has 5 rings (SSSR count). The maximum atomic E-state index is 13.1. The standard InChI is InChI=1S/C26H17Cl3N4O2S2/c27-17-7-5-15(6-8-17)13-32-14-16(19-3-1-2-4-22(19)32)11-23-24(34)33(26(36)37-23)31-25(35)30-18-9-10-20(28)21(29)12-18/h1-12,14H,13H2,(H2,30,31,35)/b23-11-. The molecule has 0 aliphatic carbocycles. The van der Waals surface area contributed by atoms with E-state index in [0.29, 0.717) is 32.2 Å². The fraction of sp³-hybridized carbons (Fsp3) is 0.0385. The molecule has 2 N–H and O–H groups in total. The molecule has 0 atom stereocenters. The number of nitrogens with one attached hydrogen (secondary N) is 2. The van der Waals surface area contributed by atoms with Gasteiger partial charge in [0.25, 0.3) is 5.91 Å². The SMILES string of the molecule is O=C(Nc1ccc(Cl)c(Cl)c1)NN1C(=O)/C(=C/c2cn(Cc3ccc(Cl)cc3)c3ccccc23)SC1=S. The Morgan fingerprint density at radius 1 is 1.00 bits per heavy atom. The topological polar surface area (TPSA) is 66.4 Å². The summed E-state index contributed by atoms with van der Waals surface area (Å²) >= 11 is 24.4. The lowest BCUT2D eigenvalue weighted by Crippen LogP contribution is -2.46. The van der Waals surface area contributed by atoms with Crippen LogP contribution in [0.4, 0.5) is 10.5 Å². The second-order valence-corrected chi connectivity index (χ2v) is 11.0. The van der Waals surface area contributed by atoms with Gasteiger partial charge < -0.3 is 9.88 Å². The minimum atomic E-state index is -0.643. The van der Waals surface area contributed by atoms with E-state index in [1.54, 1.807) is 18.2 Å². The summed E-state index contributed by atoms with van der Waals surface area (Å²) < 4.78 is 2.33. The number of para-hydroxylation sites is 1. The molecule has 37 heavy (non-hydrogen) atoms. The number of carbonyl (C=O) groups is 2. The molecule has 1 fully saturated rings. The fourth-order valence-electron chi connectivity index (χ4n) is 3.85. The van der Waals surface area contributed by atoms with Crippen LogP contribution in [-0.2, 0) is 11.3 Å². The number of halogens is 3. The minimum Gasteiger partial charge on any atom is -0.342 e. The molecule has 4 aromatic rings. The Balaban J connectivity index is 1.36. The molecule has 0 unspecified atom stereocenters. The van der Waals surface area contributed by atoms with Crippen LogP contribution in [0.2, 0.25) is 15.1 Å². The van der Waals surface area contributed by atoms with Crippen molar-refractivity contribution in [1.29, 1.82) is 0 Å². The van der Waals surface area contributed by atoms with Crippen molar-refractivity contribution in [3.8, 4) is 0 Å². The van der Waals surface area contributed by atoms with Gasteiger partial charge in [0, 0.05) is 39.9 Å². The highest BCUT2D eigenvalue weighted by Crippen LogP contribution is 2.34. The molecule has 11 heteroatoms. The third-order valence-corrected chi connectivity index (χ3v) is 7.85. The molecule has 0 saturated carbocycles. The average Bonchev–Trinajstić information content (AvgIpc) is 3.35. The number of amides is 3. The molecular weight excluding hydrogens is 571 g/mol. The largest absolute Gasteiger partial charge is 0.342 e. The van der Waals surface area contributed by atoms with Gasteiger partial charge in [-0.2, -0.15) is 5.01 Å². The summed E-state index contributed by atoms with van der Waals surface area (Å²) in [6.45, 7) is 0.642. The lowest BCUT2D eigenvalue weighted by atomic mass is 10.1. The summed E-state index contributed by atoms with van der Waals surface area (Å²) in [6, 6.07) is 19.7. The Bertz CT molecular complexity index is 1580. The van der Waals surface area contributed by atoms with Gasteiger partial charge in [0.05, 0.1) is 15.0 Å². The van der Waals surface area contributed by atoms with Gasteiger partial charge in [0.15, 0.2) is 4.32 Å². The number of thiocarbonyl (C=S) groups is 1. The number of nitrogens with zero attached hydrogens (tertiary/aromatic N) is 2. The van der Waals surface area contributed by atoms with Crippen LogP contribution in [0.5, 0.6) is 0 Å². The number of benzene rings is 3. The first kappa shape index (κ1) is 25.6. The predicted octanol–water partition coefficient (Wildman–Crippen LogP) is 7.59. The number of urea groups is 1. The van der Waals surface area contributed by atoms with Crippen molar-refractivity contribution in [2.45, 2.75) is 6.54 Å². The Morgan fingerprint density at radius 3 is 2.51 bits per heavy atom. The summed E-state index contributed by atoms with van der Waals surface area (Å²) in [5.74, 6) is -0.422. The normalized spacial score (nSPS) is 14.6. The average molecular weight is 588 g/mol. The van der Waals surface area contributed by atoms with E-state index >= 15 is 0 Å². The highest BCUT2D eigenvalue weighted by molar-refractivity contribution is 8.26. The monoisotopic (exact) mass is 586 g/mol. The smallest absolute Gasteiger partial charge is 0.338 e. The lowest BCUT2D eigenvalue weighted by molar-refractivity contribution is -0.123. The van der Waals surface area contributed by atoms with Crippen LogP contribution in [0.25, 0.3) is 17.0 Å². The van der Waals surface area contributed by atoms with Gasteiger partial charge in [-0.05, 0) is 60.3 Å². The van der Waals surface area contributed by atoms with E-state index in [1.165, 1.54) is 6.07 Å². The van der Waals surface area contributed by atoms with Gasteiger partial charge in [-0.25, -0.2) is 10.2 Å². The number of hydrazine groups is 1. The number of hydrogen-bond acceptors (Lipinski definition) is 4. The number of thioether (sulfide) groups is 1. The molecule has 3 amide bonds. The van der Waals surface area contributed by atoms with E-state index in [4.69, 9.17) is 47.0 Å². The van der Waals surface area contributed by atoms with Gasteiger partial charge in [0.1, 0.15) is 0 Å². The lowest BCUT2D eigenvalue weighted by Gasteiger charge is -2.16. The number of fused-ring (bicyclic) bond motifs is 1. The molecule has 186 valence electrons. The highest BCUT2D eigenvalue weighted by Gasteiger charge is 2.34. The number of carbonyl (C=O) groups excluding carboxylic acids is 2. The van der Waals surface area contributed by atoms with E-state index in [1.807, 2.05) is 54.7 Å². The quantitative estimate of drug-likeness (QED) is 0.187. The first-order chi connectivity index (χ1) is 17.8. The summed E-state index contributed by atoms with van der Waals surface area (Å²) in [5, 5.41) is 5.99. The zero-order valence-corrected chi connectivity index (χ0v) is 22.8. The second kappa shape index (κ2) is 10.8. The minimum absolute atomic E-state index is 0.213. The van der Waals surface area contributed by atoms with E-state index in [9.17, 15) is 9.59 Å². The van der Waals surface area contributed by atoms with Gasteiger partial charge >= 0.3 is 6.03 Å². The number of rotatable bonds is 5. The summed E-state index contributed by atoms with van der Waals surface area (Å²) in [4.78, 5) is 26.0. The van der Waals surface area contributed by atoms with Crippen LogP contribution in [0.15, 0.2) is 77.8 Å².